The molecule has 0 atom stereocenters. The standard InChI is InChI=1S/C18H22N4O3/c1-3-25-17-9-8-16(19-20-17)21-10-12-22(13-11-21)18(23)14-6-4-5-7-15(14)24-2/h4-9H,3,10-13H2,1-2H3. The average molecular weight is 342 g/mol. The number of hydrogen-bond acceptors (Lipinski definition) is 6. The fourth-order valence-electron chi connectivity index (χ4n) is 2.84. The summed E-state index contributed by atoms with van der Waals surface area (Å²) in [6.07, 6.45) is 0. The van der Waals surface area contributed by atoms with Crippen molar-refractivity contribution >= 4 is 11.7 Å². The number of aromatic nitrogens is 2. The molecule has 0 spiro atoms. The molecule has 0 unspecified atom stereocenters. The molecule has 132 valence electrons. The highest BCUT2D eigenvalue weighted by atomic mass is 16.5. The van der Waals surface area contributed by atoms with E-state index in [1.165, 1.54) is 0 Å². The van der Waals surface area contributed by atoms with Gasteiger partial charge in [-0.15, -0.1) is 10.2 Å². The van der Waals surface area contributed by atoms with E-state index in [2.05, 4.69) is 15.1 Å². The van der Waals surface area contributed by atoms with E-state index in [9.17, 15) is 4.79 Å². The highest BCUT2D eigenvalue weighted by molar-refractivity contribution is 5.97. The number of amides is 1. The van der Waals surface area contributed by atoms with Crippen molar-refractivity contribution in [1.29, 1.82) is 0 Å². The Morgan fingerprint density at radius 1 is 1.08 bits per heavy atom. The van der Waals surface area contributed by atoms with Crippen LogP contribution in [0.15, 0.2) is 36.4 Å². The molecule has 0 N–H and O–H groups in total. The number of methoxy groups -OCH3 is 1. The molecule has 0 saturated carbocycles. The summed E-state index contributed by atoms with van der Waals surface area (Å²) in [6.45, 7) is 5.16. The van der Waals surface area contributed by atoms with Crippen LogP contribution in [-0.2, 0) is 0 Å². The van der Waals surface area contributed by atoms with Crippen LogP contribution in [0.5, 0.6) is 11.6 Å². The van der Waals surface area contributed by atoms with Crippen LogP contribution in [0.25, 0.3) is 0 Å². The number of piperazine rings is 1. The highest BCUT2D eigenvalue weighted by Gasteiger charge is 2.24. The second-order valence-electron chi connectivity index (χ2n) is 5.64. The van der Waals surface area contributed by atoms with Crippen molar-refractivity contribution in [2.45, 2.75) is 6.92 Å². The number of anilines is 1. The molecule has 25 heavy (non-hydrogen) atoms. The van der Waals surface area contributed by atoms with Gasteiger partial charge in [-0.05, 0) is 25.1 Å². The van der Waals surface area contributed by atoms with E-state index in [-0.39, 0.29) is 5.91 Å². The molecule has 1 aliphatic heterocycles. The third-order valence-corrected chi connectivity index (χ3v) is 4.15. The van der Waals surface area contributed by atoms with E-state index in [0.717, 1.165) is 5.82 Å². The second-order valence-corrected chi connectivity index (χ2v) is 5.64. The predicted octanol–water partition coefficient (Wildman–Crippen LogP) is 1.85. The summed E-state index contributed by atoms with van der Waals surface area (Å²) in [4.78, 5) is 16.7. The van der Waals surface area contributed by atoms with Gasteiger partial charge >= 0.3 is 0 Å². The van der Waals surface area contributed by atoms with Crippen molar-refractivity contribution in [3.63, 3.8) is 0 Å². The van der Waals surface area contributed by atoms with Crippen LogP contribution in [0.3, 0.4) is 0 Å². The van der Waals surface area contributed by atoms with E-state index in [4.69, 9.17) is 9.47 Å². The molecule has 1 fully saturated rings. The number of carbonyl (C=O) groups excluding carboxylic acids is 1. The van der Waals surface area contributed by atoms with Crippen molar-refractivity contribution in [1.82, 2.24) is 15.1 Å². The maximum absolute atomic E-state index is 12.7. The van der Waals surface area contributed by atoms with E-state index < -0.39 is 0 Å². The van der Waals surface area contributed by atoms with E-state index in [1.807, 2.05) is 36.1 Å². The molecule has 1 aromatic heterocycles. The van der Waals surface area contributed by atoms with Gasteiger partial charge in [0.2, 0.25) is 5.88 Å². The maximum Gasteiger partial charge on any atom is 0.257 e. The molecule has 1 amide bonds. The zero-order valence-corrected chi connectivity index (χ0v) is 14.5. The van der Waals surface area contributed by atoms with Crippen LogP contribution in [0, 0.1) is 0 Å². The minimum atomic E-state index is -0.00474. The normalized spacial score (nSPS) is 14.3. The Balaban J connectivity index is 1.62. The molecule has 1 aromatic carbocycles. The van der Waals surface area contributed by atoms with Crippen molar-refractivity contribution in [2.24, 2.45) is 0 Å². The molecule has 0 radical (unpaired) electrons. The summed E-state index contributed by atoms with van der Waals surface area (Å²) in [5, 5.41) is 8.26. The molecule has 7 nitrogen and oxygen atoms in total. The quantitative estimate of drug-likeness (QED) is 0.826. The molecule has 2 aromatic rings. The third kappa shape index (κ3) is 3.81. The lowest BCUT2D eigenvalue weighted by Crippen LogP contribution is -2.49. The first kappa shape index (κ1) is 17.0. The van der Waals surface area contributed by atoms with Gasteiger partial charge in [-0.3, -0.25) is 4.79 Å². The van der Waals surface area contributed by atoms with Crippen molar-refractivity contribution < 1.29 is 14.3 Å². The number of nitrogens with zero attached hydrogens (tertiary/aromatic N) is 4. The Morgan fingerprint density at radius 2 is 1.84 bits per heavy atom. The van der Waals surface area contributed by atoms with Gasteiger partial charge in [-0.2, -0.15) is 0 Å². The smallest absolute Gasteiger partial charge is 0.257 e. The number of hydrogen-bond donors (Lipinski definition) is 0. The van der Waals surface area contributed by atoms with Gasteiger partial charge in [0, 0.05) is 32.2 Å². The Bertz CT molecular complexity index is 713. The monoisotopic (exact) mass is 342 g/mol. The first-order valence-corrected chi connectivity index (χ1v) is 8.36. The Hall–Kier alpha value is -2.83. The number of ether oxygens (including phenoxy) is 2. The molecule has 0 aliphatic carbocycles. The fraction of sp³-hybridized carbons (Fsp3) is 0.389. The fourth-order valence-corrected chi connectivity index (χ4v) is 2.84. The van der Waals surface area contributed by atoms with Gasteiger partial charge in [-0.25, -0.2) is 0 Å². The largest absolute Gasteiger partial charge is 0.496 e. The van der Waals surface area contributed by atoms with Gasteiger partial charge in [0.25, 0.3) is 5.91 Å². The first-order valence-electron chi connectivity index (χ1n) is 8.36. The molecule has 0 bridgehead atoms. The summed E-state index contributed by atoms with van der Waals surface area (Å²) in [6, 6.07) is 11.0. The lowest BCUT2D eigenvalue weighted by atomic mass is 10.1. The maximum atomic E-state index is 12.7. The predicted molar refractivity (Wildman–Crippen MR) is 94.3 cm³/mol. The first-order chi connectivity index (χ1) is 12.2. The van der Waals surface area contributed by atoms with Crippen LogP contribution in [-0.4, -0.2) is 60.9 Å². The summed E-state index contributed by atoms with van der Waals surface area (Å²) in [7, 11) is 1.58. The third-order valence-electron chi connectivity index (χ3n) is 4.15. The summed E-state index contributed by atoms with van der Waals surface area (Å²) < 4.78 is 10.6. The Labute approximate surface area is 147 Å². The zero-order valence-electron chi connectivity index (χ0n) is 14.5. The topological polar surface area (TPSA) is 67.8 Å². The van der Waals surface area contributed by atoms with Gasteiger partial charge in [0.1, 0.15) is 5.75 Å². The van der Waals surface area contributed by atoms with Crippen molar-refractivity contribution in [2.75, 3.05) is 44.8 Å². The van der Waals surface area contributed by atoms with Crippen molar-refractivity contribution in [3.8, 4) is 11.6 Å². The molecule has 1 aliphatic rings. The molecule has 1 saturated heterocycles. The van der Waals surface area contributed by atoms with Crippen molar-refractivity contribution in [3.05, 3.63) is 42.0 Å². The van der Waals surface area contributed by atoms with Crippen LogP contribution in [0.2, 0.25) is 0 Å². The number of para-hydroxylation sites is 1. The Morgan fingerprint density at radius 3 is 2.48 bits per heavy atom. The zero-order chi connectivity index (χ0) is 17.6. The lowest BCUT2D eigenvalue weighted by molar-refractivity contribution is 0.0743. The van der Waals surface area contributed by atoms with E-state index in [1.54, 1.807) is 19.2 Å². The van der Waals surface area contributed by atoms with Crippen LogP contribution in [0.4, 0.5) is 5.82 Å². The number of carbonyl (C=O) groups is 1. The van der Waals surface area contributed by atoms with E-state index >= 15 is 0 Å². The van der Waals surface area contributed by atoms with Crippen LogP contribution >= 0.6 is 0 Å². The van der Waals surface area contributed by atoms with Gasteiger partial charge in [0.15, 0.2) is 5.82 Å². The number of rotatable bonds is 5. The van der Waals surface area contributed by atoms with E-state index in [0.29, 0.717) is 50.0 Å². The van der Waals surface area contributed by atoms with Crippen LogP contribution in [0.1, 0.15) is 17.3 Å². The summed E-state index contributed by atoms with van der Waals surface area (Å²) in [5.41, 5.74) is 0.597. The average Bonchev–Trinajstić information content (AvgIpc) is 2.68. The summed E-state index contributed by atoms with van der Waals surface area (Å²) in [5.74, 6) is 1.92. The van der Waals surface area contributed by atoms with Gasteiger partial charge < -0.3 is 19.3 Å². The molecule has 7 heteroatoms. The molecular weight excluding hydrogens is 320 g/mol. The van der Waals surface area contributed by atoms with Crippen LogP contribution < -0.4 is 14.4 Å². The van der Waals surface area contributed by atoms with Gasteiger partial charge in [0.05, 0.1) is 19.3 Å². The minimum Gasteiger partial charge on any atom is -0.496 e. The van der Waals surface area contributed by atoms with Gasteiger partial charge in [-0.1, -0.05) is 12.1 Å². The SMILES string of the molecule is CCOc1ccc(N2CCN(C(=O)c3ccccc3OC)CC2)nn1. The summed E-state index contributed by atoms with van der Waals surface area (Å²) >= 11 is 0. The minimum absolute atomic E-state index is 0.00474. The molecule has 3 rings (SSSR count). The lowest BCUT2D eigenvalue weighted by Gasteiger charge is -2.35. The molecule has 2 heterocycles. The molecular formula is C18H22N4O3. The Kier molecular flexibility index (Phi) is 5.33. The number of benzene rings is 1. The second kappa shape index (κ2) is 7.83. The highest BCUT2D eigenvalue weighted by Crippen LogP contribution is 2.21.